The maximum atomic E-state index is 11.4. The first-order valence-electron chi connectivity index (χ1n) is 7.40. The van der Waals surface area contributed by atoms with E-state index in [1.807, 2.05) is 0 Å². The van der Waals surface area contributed by atoms with E-state index in [2.05, 4.69) is 9.80 Å². The molecule has 0 amide bonds. The van der Waals surface area contributed by atoms with Gasteiger partial charge in [-0.05, 0) is 57.8 Å². The highest BCUT2D eigenvalue weighted by molar-refractivity contribution is 5.68. The van der Waals surface area contributed by atoms with Crippen LogP contribution in [-0.4, -0.2) is 59.1 Å². The molecule has 0 saturated carbocycles. The van der Waals surface area contributed by atoms with Gasteiger partial charge in [0.1, 0.15) is 0 Å². The molecular formula is C14H24N2O2. The molecule has 0 aromatic carbocycles. The van der Waals surface area contributed by atoms with Crippen LogP contribution in [-0.2, 0) is 4.79 Å². The highest BCUT2D eigenvalue weighted by atomic mass is 16.4. The molecule has 3 unspecified atom stereocenters. The molecule has 3 heterocycles. The lowest BCUT2D eigenvalue weighted by molar-refractivity contribution is -0.143. The van der Waals surface area contributed by atoms with Crippen LogP contribution in [0.2, 0.25) is 0 Å². The first kappa shape index (κ1) is 12.4. The second-order valence-electron chi connectivity index (χ2n) is 6.26. The topological polar surface area (TPSA) is 43.8 Å². The molecule has 0 aromatic heterocycles. The highest BCUT2D eigenvalue weighted by Crippen LogP contribution is 2.43. The fourth-order valence-corrected chi connectivity index (χ4v) is 4.39. The third-order valence-corrected chi connectivity index (χ3v) is 5.34. The molecular weight excluding hydrogens is 228 g/mol. The molecule has 102 valence electrons. The predicted octanol–water partition coefficient (Wildman–Crippen LogP) is 1.41. The number of likely N-dealkylation sites (tertiary alicyclic amines) is 1. The number of hydrogen-bond donors (Lipinski definition) is 1. The van der Waals surface area contributed by atoms with Crippen LogP contribution >= 0.6 is 0 Å². The zero-order valence-electron chi connectivity index (χ0n) is 11.1. The first-order valence-corrected chi connectivity index (χ1v) is 7.40. The Kier molecular flexibility index (Phi) is 3.32. The van der Waals surface area contributed by atoms with E-state index in [1.54, 1.807) is 0 Å². The second-order valence-corrected chi connectivity index (χ2v) is 6.26. The minimum absolute atomic E-state index is 0.0285. The van der Waals surface area contributed by atoms with Crippen molar-refractivity contribution in [3.05, 3.63) is 0 Å². The summed E-state index contributed by atoms with van der Waals surface area (Å²) in [6, 6.07) is 0. The van der Waals surface area contributed by atoms with E-state index in [4.69, 9.17) is 0 Å². The SMILES string of the molecule is O=C(O)CC1(N2CCCCC2)CCN2CCC1C2. The molecule has 4 heteroatoms. The molecule has 3 fully saturated rings. The summed E-state index contributed by atoms with van der Waals surface area (Å²) in [5.74, 6) is -0.0265. The van der Waals surface area contributed by atoms with E-state index < -0.39 is 5.97 Å². The molecule has 3 aliphatic rings. The third-order valence-electron chi connectivity index (χ3n) is 5.34. The molecule has 0 aromatic rings. The van der Waals surface area contributed by atoms with Gasteiger partial charge in [-0.25, -0.2) is 0 Å². The summed E-state index contributed by atoms with van der Waals surface area (Å²) in [6.45, 7) is 5.64. The summed E-state index contributed by atoms with van der Waals surface area (Å²) in [5, 5.41) is 9.35. The normalized spacial score (nSPS) is 40.9. The molecule has 3 saturated heterocycles. The molecule has 18 heavy (non-hydrogen) atoms. The number of fused-ring (bicyclic) bond motifs is 2. The number of aliphatic carboxylic acids is 1. The van der Waals surface area contributed by atoms with Gasteiger partial charge in [0.05, 0.1) is 6.42 Å². The van der Waals surface area contributed by atoms with Crippen molar-refractivity contribution in [3.63, 3.8) is 0 Å². The molecule has 3 rings (SSSR count). The second kappa shape index (κ2) is 4.82. The summed E-state index contributed by atoms with van der Waals surface area (Å²) >= 11 is 0. The molecule has 0 spiro atoms. The molecule has 0 radical (unpaired) electrons. The van der Waals surface area contributed by atoms with E-state index >= 15 is 0 Å². The average molecular weight is 252 g/mol. The number of hydrogen-bond acceptors (Lipinski definition) is 3. The summed E-state index contributed by atoms with van der Waals surface area (Å²) in [5.41, 5.74) is -0.0285. The maximum absolute atomic E-state index is 11.4. The molecule has 2 bridgehead atoms. The molecule has 1 N–H and O–H groups in total. The summed E-state index contributed by atoms with van der Waals surface area (Å²) < 4.78 is 0. The monoisotopic (exact) mass is 252 g/mol. The zero-order valence-corrected chi connectivity index (χ0v) is 11.1. The van der Waals surface area contributed by atoms with E-state index in [9.17, 15) is 9.90 Å². The quantitative estimate of drug-likeness (QED) is 0.825. The number of carbonyl (C=O) groups is 1. The van der Waals surface area contributed by atoms with Crippen LogP contribution in [0, 0.1) is 5.92 Å². The van der Waals surface area contributed by atoms with Crippen LogP contribution in [0.15, 0.2) is 0 Å². The Morgan fingerprint density at radius 1 is 1.17 bits per heavy atom. The van der Waals surface area contributed by atoms with Crippen molar-refractivity contribution >= 4 is 5.97 Å². The lowest BCUT2D eigenvalue weighted by Crippen LogP contribution is -2.60. The van der Waals surface area contributed by atoms with Gasteiger partial charge in [-0.3, -0.25) is 9.69 Å². The van der Waals surface area contributed by atoms with Gasteiger partial charge in [-0.15, -0.1) is 0 Å². The zero-order chi connectivity index (χ0) is 12.6. The number of nitrogens with zero attached hydrogens (tertiary/aromatic N) is 2. The smallest absolute Gasteiger partial charge is 0.305 e. The van der Waals surface area contributed by atoms with Crippen LogP contribution in [0.1, 0.15) is 38.5 Å². The summed E-state index contributed by atoms with van der Waals surface area (Å²) in [7, 11) is 0. The van der Waals surface area contributed by atoms with Gasteiger partial charge in [-0.1, -0.05) is 6.42 Å². The van der Waals surface area contributed by atoms with Crippen molar-refractivity contribution < 1.29 is 9.90 Å². The minimum atomic E-state index is -0.610. The first-order chi connectivity index (χ1) is 8.71. The van der Waals surface area contributed by atoms with Crippen LogP contribution in [0.3, 0.4) is 0 Å². The van der Waals surface area contributed by atoms with Gasteiger partial charge in [-0.2, -0.15) is 0 Å². The van der Waals surface area contributed by atoms with Gasteiger partial charge in [0.15, 0.2) is 0 Å². The summed E-state index contributed by atoms with van der Waals surface area (Å²) in [6.07, 6.45) is 6.42. The van der Waals surface area contributed by atoms with Crippen LogP contribution in [0.5, 0.6) is 0 Å². The average Bonchev–Trinajstić information content (AvgIpc) is 2.78. The van der Waals surface area contributed by atoms with Gasteiger partial charge in [0.25, 0.3) is 0 Å². The van der Waals surface area contributed by atoms with Gasteiger partial charge in [0, 0.05) is 12.1 Å². The Morgan fingerprint density at radius 2 is 1.94 bits per heavy atom. The van der Waals surface area contributed by atoms with Crippen LogP contribution < -0.4 is 0 Å². The van der Waals surface area contributed by atoms with Crippen molar-refractivity contribution in [1.82, 2.24) is 9.80 Å². The standard InChI is InChI=1S/C14H24N2O2/c17-13(18)10-14(16-6-2-1-3-7-16)5-9-15-8-4-12(14)11-15/h12H,1-11H2,(H,17,18). The van der Waals surface area contributed by atoms with Crippen molar-refractivity contribution in [1.29, 1.82) is 0 Å². The van der Waals surface area contributed by atoms with E-state index in [0.717, 1.165) is 32.6 Å². The Hall–Kier alpha value is -0.610. The lowest BCUT2D eigenvalue weighted by atomic mass is 9.74. The fraction of sp³-hybridized carbons (Fsp3) is 0.929. The Morgan fingerprint density at radius 3 is 2.67 bits per heavy atom. The van der Waals surface area contributed by atoms with Crippen molar-refractivity contribution in [2.75, 3.05) is 32.7 Å². The minimum Gasteiger partial charge on any atom is -0.481 e. The van der Waals surface area contributed by atoms with Gasteiger partial charge >= 0.3 is 5.97 Å². The third kappa shape index (κ3) is 2.05. The van der Waals surface area contributed by atoms with E-state index in [-0.39, 0.29) is 5.54 Å². The van der Waals surface area contributed by atoms with Crippen LogP contribution in [0.4, 0.5) is 0 Å². The lowest BCUT2D eigenvalue weighted by Gasteiger charge is -2.51. The fourth-order valence-electron chi connectivity index (χ4n) is 4.39. The van der Waals surface area contributed by atoms with E-state index in [1.165, 1.54) is 32.2 Å². The van der Waals surface area contributed by atoms with Gasteiger partial charge < -0.3 is 10.0 Å². The molecule has 4 nitrogen and oxygen atoms in total. The highest BCUT2D eigenvalue weighted by Gasteiger charge is 2.50. The van der Waals surface area contributed by atoms with Gasteiger partial charge in [0.2, 0.25) is 0 Å². The molecule has 3 atom stereocenters. The number of piperidine rings is 2. The van der Waals surface area contributed by atoms with E-state index in [0.29, 0.717) is 12.3 Å². The number of carboxylic acids is 1. The predicted molar refractivity (Wildman–Crippen MR) is 69.6 cm³/mol. The molecule has 0 aliphatic carbocycles. The molecule has 3 aliphatic heterocycles. The maximum Gasteiger partial charge on any atom is 0.305 e. The Labute approximate surface area is 109 Å². The Balaban J connectivity index is 1.84. The van der Waals surface area contributed by atoms with Crippen molar-refractivity contribution in [3.8, 4) is 0 Å². The van der Waals surface area contributed by atoms with Crippen LogP contribution in [0.25, 0.3) is 0 Å². The van der Waals surface area contributed by atoms with Crippen molar-refractivity contribution in [2.45, 2.75) is 44.1 Å². The number of rotatable bonds is 3. The number of carboxylic acid groups (broad SMARTS) is 1. The van der Waals surface area contributed by atoms with Crippen molar-refractivity contribution in [2.24, 2.45) is 5.92 Å². The largest absolute Gasteiger partial charge is 0.481 e. The Bertz CT molecular complexity index is 328. The summed E-state index contributed by atoms with van der Waals surface area (Å²) in [4.78, 5) is 16.4.